The third kappa shape index (κ3) is 5.23. The predicted octanol–water partition coefficient (Wildman–Crippen LogP) is 2.42. The molecule has 0 aliphatic carbocycles. The lowest BCUT2D eigenvalue weighted by Crippen LogP contribution is -2.35. The van der Waals surface area contributed by atoms with Crippen LogP contribution in [-0.2, 0) is 32.5 Å². The number of benzene rings is 2. The molecule has 9 heteroatoms. The van der Waals surface area contributed by atoms with Crippen molar-refractivity contribution in [3.8, 4) is 11.5 Å². The first kappa shape index (κ1) is 22.6. The highest BCUT2D eigenvalue weighted by Gasteiger charge is 2.27. The first-order valence-corrected chi connectivity index (χ1v) is 12.2. The van der Waals surface area contributed by atoms with Crippen LogP contribution in [0.3, 0.4) is 0 Å². The van der Waals surface area contributed by atoms with E-state index in [0.29, 0.717) is 26.1 Å². The Morgan fingerprint density at radius 2 is 1.72 bits per heavy atom. The number of rotatable bonds is 7. The highest BCUT2D eigenvalue weighted by molar-refractivity contribution is 7.89. The Kier molecular flexibility index (Phi) is 6.98. The van der Waals surface area contributed by atoms with Crippen molar-refractivity contribution < 1.29 is 27.4 Å². The van der Waals surface area contributed by atoms with Gasteiger partial charge in [-0.15, -0.1) is 0 Å². The normalized spacial score (nSPS) is 17.2. The molecule has 2 aliphatic heterocycles. The molecule has 0 unspecified atom stereocenters. The van der Waals surface area contributed by atoms with Crippen LogP contribution in [0.4, 0.5) is 0 Å². The Morgan fingerprint density at radius 3 is 2.50 bits per heavy atom. The minimum Gasteiger partial charge on any atom is -0.469 e. The largest absolute Gasteiger partial charge is 0.469 e. The summed E-state index contributed by atoms with van der Waals surface area (Å²) in [7, 11) is -2.21. The van der Waals surface area contributed by atoms with Gasteiger partial charge in [-0.3, -0.25) is 9.69 Å². The summed E-state index contributed by atoms with van der Waals surface area (Å²) in [5.41, 5.74) is 2.02. The molecule has 2 aromatic rings. The van der Waals surface area contributed by atoms with E-state index in [9.17, 15) is 13.2 Å². The van der Waals surface area contributed by atoms with E-state index in [1.807, 2.05) is 18.2 Å². The van der Waals surface area contributed by atoms with Gasteiger partial charge in [0.05, 0.1) is 12.0 Å². The van der Waals surface area contributed by atoms with Gasteiger partial charge in [-0.2, -0.15) is 4.31 Å². The molecule has 4 rings (SSSR count). The zero-order chi connectivity index (χ0) is 22.6. The van der Waals surface area contributed by atoms with Crippen molar-refractivity contribution in [2.45, 2.75) is 30.7 Å². The number of esters is 1. The van der Waals surface area contributed by atoms with Gasteiger partial charge in [-0.1, -0.05) is 18.2 Å². The fourth-order valence-corrected chi connectivity index (χ4v) is 5.44. The number of methoxy groups -OCH3 is 1. The van der Waals surface area contributed by atoms with Crippen LogP contribution in [0.15, 0.2) is 47.4 Å². The number of fused-ring (bicyclic) bond motifs is 1. The van der Waals surface area contributed by atoms with Crippen LogP contribution in [0.1, 0.15) is 24.0 Å². The van der Waals surface area contributed by atoms with Crippen LogP contribution in [-0.4, -0.2) is 63.7 Å². The molecular formula is C23H28N2O6S. The molecule has 2 aromatic carbocycles. The molecule has 0 N–H and O–H groups in total. The summed E-state index contributed by atoms with van der Waals surface area (Å²) in [5.74, 6) is 1.24. The van der Waals surface area contributed by atoms with E-state index in [2.05, 4.69) is 9.64 Å². The molecular weight excluding hydrogens is 432 g/mol. The maximum atomic E-state index is 13.2. The molecule has 2 aliphatic rings. The quantitative estimate of drug-likeness (QED) is 0.587. The van der Waals surface area contributed by atoms with Gasteiger partial charge in [0.2, 0.25) is 16.8 Å². The highest BCUT2D eigenvalue weighted by Crippen LogP contribution is 2.33. The minimum atomic E-state index is -3.56. The van der Waals surface area contributed by atoms with E-state index >= 15 is 0 Å². The van der Waals surface area contributed by atoms with Crippen molar-refractivity contribution in [1.29, 1.82) is 0 Å². The molecule has 2 heterocycles. The maximum Gasteiger partial charge on any atom is 0.305 e. The average Bonchev–Trinajstić information content (AvgIpc) is 3.14. The fourth-order valence-electron chi connectivity index (χ4n) is 3.97. The van der Waals surface area contributed by atoms with Gasteiger partial charge in [-0.05, 0) is 54.8 Å². The van der Waals surface area contributed by atoms with Crippen LogP contribution in [0.5, 0.6) is 11.5 Å². The Hall–Kier alpha value is -2.62. The summed E-state index contributed by atoms with van der Waals surface area (Å²) in [6, 6.07) is 12.7. The molecule has 172 valence electrons. The molecule has 0 saturated carbocycles. The number of sulfonamides is 1. The number of hydrogen-bond acceptors (Lipinski definition) is 7. The Bertz CT molecular complexity index is 1050. The average molecular weight is 461 g/mol. The third-order valence-electron chi connectivity index (χ3n) is 5.80. The van der Waals surface area contributed by atoms with E-state index in [0.717, 1.165) is 42.1 Å². The van der Waals surface area contributed by atoms with Crippen LogP contribution >= 0.6 is 0 Å². The Labute approximate surface area is 188 Å². The van der Waals surface area contributed by atoms with E-state index in [-0.39, 0.29) is 24.1 Å². The molecule has 1 fully saturated rings. The molecule has 0 atom stereocenters. The Morgan fingerprint density at radius 1 is 0.969 bits per heavy atom. The van der Waals surface area contributed by atoms with Crippen molar-refractivity contribution in [3.05, 3.63) is 53.6 Å². The molecule has 0 bridgehead atoms. The summed E-state index contributed by atoms with van der Waals surface area (Å²) in [5, 5.41) is 0. The summed E-state index contributed by atoms with van der Waals surface area (Å²) in [6.45, 7) is 3.40. The number of carbonyl (C=O) groups is 1. The Balaban J connectivity index is 1.36. The lowest BCUT2D eigenvalue weighted by Gasteiger charge is -2.22. The molecule has 0 amide bonds. The third-order valence-corrected chi connectivity index (χ3v) is 7.71. The number of ether oxygens (including phenoxy) is 3. The minimum absolute atomic E-state index is 0.252. The van der Waals surface area contributed by atoms with E-state index in [4.69, 9.17) is 9.47 Å². The van der Waals surface area contributed by atoms with Gasteiger partial charge >= 0.3 is 5.97 Å². The van der Waals surface area contributed by atoms with Crippen LogP contribution in [0.2, 0.25) is 0 Å². The predicted molar refractivity (Wildman–Crippen MR) is 118 cm³/mol. The van der Waals surface area contributed by atoms with E-state index in [1.165, 1.54) is 7.11 Å². The molecule has 1 saturated heterocycles. The van der Waals surface area contributed by atoms with Gasteiger partial charge in [-0.25, -0.2) is 8.42 Å². The number of carbonyl (C=O) groups excluding carboxylic acids is 1. The second-order valence-corrected chi connectivity index (χ2v) is 9.88. The van der Waals surface area contributed by atoms with Gasteiger partial charge in [0, 0.05) is 32.6 Å². The van der Waals surface area contributed by atoms with Crippen LogP contribution in [0.25, 0.3) is 0 Å². The maximum absolute atomic E-state index is 13.2. The van der Waals surface area contributed by atoms with Crippen LogP contribution in [0, 0.1) is 0 Å². The first-order chi connectivity index (χ1) is 15.5. The molecule has 0 radical (unpaired) electrons. The zero-order valence-electron chi connectivity index (χ0n) is 18.2. The summed E-state index contributed by atoms with van der Waals surface area (Å²) in [4.78, 5) is 13.8. The molecule has 32 heavy (non-hydrogen) atoms. The number of hydrogen-bond donors (Lipinski definition) is 0. The summed E-state index contributed by atoms with van der Waals surface area (Å²) < 4.78 is 43.4. The number of nitrogens with zero attached hydrogens (tertiary/aromatic N) is 2. The van der Waals surface area contributed by atoms with Crippen molar-refractivity contribution >= 4 is 16.0 Å². The molecule has 0 spiro atoms. The lowest BCUT2D eigenvalue weighted by molar-refractivity contribution is -0.140. The van der Waals surface area contributed by atoms with Crippen molar-refractivity contribution in [2.24, 2.45) is 0 Å². The smallest absolute Gasteiger partial charge is 0.305 e. The summed E-state index contributed by atoms with van der Waals surface area (Å²) >= 11 is 0. The fraction of sp³-hybridized carbons (Fsp3) is 0.435. The van der Waals surface area contributed by atoms with E-state index < -0.39 is 10.0 Å². The zero-order valence-corrected chi connectivity index (χ0v) is 19.0. The SMILES string of the molecule is COC(=O)CCc1ccc(S(=O)(=O)N2CCCN(Cc3ccc4c(c3)OCO4)CC2)cc1. The van der Waals surface area contributed by atoms with E-state index in [1.54, 1.807) is 28.6 Å². The topological polar surface area (TPSA) is 85.4 Å². The van der Waals surface area contributed by atoms with Crippen molar-refractivity contribution in [1.82, 2.24) is 9.21 Å². The second kappa shape index (κ2) is 9.89. The van der Waals surface area contributed by atoms with Gasteiger partial charge in [0.15, 0.2) is 11.5 Å². The highest BCUT2D eigenvalue weighted by atomic mass is 32.2. The van der Waals surface area contributed by atoms with Gasteiger partial charge in [0.25, 0.3) is 0 Å². The van der Waals surface area contributed by atoms with Crippen LogP contribution < -0.4 is 9.47 Å². The lowest BCUT2D eigenvalue weighted by atomic mass is 10.1. The number of aryl methyl sites for hydroxylation is 1. The van der Waals surface area contributed by atoms with Gasteiger partial charge < -0.3 is 14.2 Å². The summed E-state index contributed by atoms with van der Waals surface area (Å²) in [6.07, 6.45) is 1.56. The van der Waals surface area contributed by atoms with Gasteiger partial charge in [0.1, 0.15) is 0 Å². The second-order valence-electron chi connectivity index (χ2n) is 7.94. The first-order valence-electron chi connectivity index (χ1n) is 10.7. The standard InChI is InChI=1S/C23H28N2O6S/c1-29-23(26)10-6-18-3-7-20(8-4-18)32(27,28)25-12-2-11-24(13-14-25)16-19-5-9-21-22(15-19)31-17-30-21/h3-5,7-9,15H,2,6,10-14,16-17H2,1H3. The monoisotopic (exact) mass is 460 g/mol. The molecule has 8 nitrogen and oxygen atoms in total. The molecule has 0 aromatic heterocycles. The van der Waals surface area contributed by atoms with Crippen molar-refractivity contribution in [2.75, 3.05) is 40.1 Å². The van der Waals surface area contributed by atoms with Crippen molar-refractivity contribution in [3.63, 3.8) is 0 Å².